The number of carbonyl (C=O) groups excluding carboxylic acids is 1. The fourth-order valence-corrected chi connectivity index (χ4v) is 3.00. The minimum atomic E-state index is -4.34. The fourth-order valence-electron chi connectivity index (χ4n) is 3.00. The Hall–Kier alpha value is -1.76. The number of aliphatic hydroxyl groups is 1. The number of carbonyl (C=O) groups is 1. The Morgan fingerprint density at radius 2 is 2.09 bits per heavy atom. The summed E-state index contributed by atoms with van der Waals surface area (Å²) in [6.07, 6.45) is -2.99. The van der Waals surface area contributed by atoms with Gasteiger partial charge in [-0.15, -0.1) is 0 Å². The van der Waals surface area contributed by atoms with Gasteiger partial charge < -0.3 is 15.7 Å². The number of halogens is 3. The molecular weight excluding hydrogens is 309 g/mol. The number of aliphatic hydroxyl groups excluding tert-OH is 1. The molecule has 2 atom stereocenters. The van der Waals surface area contributed by atoms with Crippen LogP contribution >= 0.6 is 0 Å². The molecule has 1 aromatic carbocycles. The van der Waals surface area contributed by atoms with Crippen molar-refractivity contribution in [3.05, 3.63) is 29.8 Å². The number of hydrogen-bond acceptors (Lipinski definition) is 2. The standard InChI is InChI=1S/C16H21F3N2O2/c1-15(10-22)8-4-7-13(15)21-14(23)20-12-6-3-2-5-11(12)9-16(17,18)19/h2-3,5-6,13,22H,4,7-10H2,1H3,(H2,20,21,23). The molecule has 0 spiro atoms. The topological polar surface area (TPSA) is 61.4 Å². The number of para-hydroxylation sites is 1. The highest BCUT2D eigenvalue weighted by atomic mass is 19.4. The number of alkyl halides is 3. The Bertz CT molecular complexity index is 563. The van der Waals surface area contributed by atoms with Crippen LogP contribution in [-0.2, 0) is 6.42 Å². The molecule has 3 N–H and O–H groups in total. The van der Waals surface area contributed by atoms with Gasteiger partial charge in [-0.25, -0.2) is 4.79 Å². The van der Waals surface area contributed by atoms with Crippen LogP contribution in [0.25, 0.3) is 0 Å². The van der Waals surface area contributed by atoms with Crippen LogP contribution in [0.3, 0.4) is 0 Å². The van der Waals surface area contributed by atoms with E-state index in [9.17, 15) is 23.1 Å². The molecule has 0 aromatic heterocycles. The molecular formula is C16H21F3N2O2. The molecule has 1 saturated carbocycles. The first kappa shape index (κ1) is 17.6. The van der Waals surface area contributed by atoms with Crippen molar-refractivity contribution in [2.24, 2.45) is 5.41 Å². The van der Waals surface area contributed by atoms with Crippen molar-refractivity contribution in [3.63, 3.8) is 0 Å². The Labute approximate surface area is 133 Å². The normalized spacial score (nSPS) is 24.5. The van der Waals surface area contributed by atoms with Gasteiger partial charge in [0.25, 0.3) is 0 Å². The molecule has 4 nitrogen and oxygen atoms in total. The molecule has 23 heavy (non-hydrogen) atoms. The Kier molecular flexibility index (Phi) is 5.19. The molecule has 2 unspecified atom stereocenters. The average molecular weight is 330 g/mol. The SMILES string of the molecule is CC1(CO)CCCC1NC(=O)Nc1ccccc1CC(F)(F)F. The number of urea groups is 1. The monoisotopic (exact) mass is 330 g/mol. The minimum Gasteiger partial charge on any atom is -0.396 e. The zero-order valence-electron chi connectivity index (χ0n) is 12.9. The smallest absolute Gasteiger partial charge is 0.393 e. The van der Waals surface area contributed by atoms with Crippen LogP contribution in [0.1, 0.15) is 31.7 Å². The maximum atomic E-state index is 12.6. The van der Waals surface area contributed by atoms with Crippen LogP contribution < -0.4 is 10.6 Å². The van der Waals surface area contributed by atoms with E-state index in [1.54, 1.807) is 6.07 Å². The summed E-state index contributed by atoms with van der Waals surface area (Å²) in [6, 6.07) is 5.12. The predicted octanol–water partition coefficient (Wildman–Crippen LogP) is 3.46. The van der Waals surface area contributed by atoms with E-state index in [-0.39, 0.29) is 29.3 Å². The third-order valence-electron chi connectivity index (χ3n) is 4.40. The second-order valence-electron chi connectivity index (χ2n) is 6.30. The predicted molar refractivity (Wildman–Crippen MR) is 81.2 cm³/mol. The van der Waals surface area contributed by atoms with E-state index in [1.165, 1.54) is 18.2 Å². The van der Waals surface area contributed by atoms with Crippen LogP contribution in [0, 0.1) is 5.41 Å². The molecule has 0 saturated heterocycles. The first-order valence-electron chi connectivity index (χ1n) is 7.56. The Morgan fingerprint density at radius 1 is 1.39 bits per heavy atom. The average Bonchev–Trinajstić information content (AvgIpc) is 2.81. The summed E-state index contributed by atoms with van der Waals surface area (Å²) in [7, 11) is 0. The van der Waals surface area contributed by atoms with Crippen LogP contribution in [0.5, 0.6) is 0 Å². The lowest BCUT2D eigenvalue weighted by atomic mass is 9.86. The largest absolute Gasteiger partial charge is 0.396 e. The van der Waals surface area contributed by atoms with E-state index < -0.39 is 18.6 Å². The summed E-state index contributed by atoms with van der Waals surface area (Å²) in [5.74, 6) is 0. The highest BCUT2D eigenvalue weighted by Gasteiger charge is 2.39. The number of amides is 2. The molecule has 0 radical (unpaired) electrons. The molecule has 7 heteroatoms. The van der Waals surface area contributed by atoms with Crippen LogP contribution in [0.2, 0.25) is 0 Å². The van der Waals surface area contributed by atoms with Crippen molar-refractivity contribution in [3.8, 4) is 0 Å². The molecule has 2 amide bonds. The van der Waals surface area contributed by atoms with E-state index in [2.05, 4.69) is 10.6 Å². The van der Waals surface area contributed by atoms with Gasteiger partial charge in [0.05, 0.1) is 13.0 Å². The fraction of sp³-hybridized carbons (Fsp3) is 0.562. The Balaban J connectivity index is 2.03. The lowest BCUT2D eigenvalue weighted by molar-refractivity contribution is -0.127. The summed E-state index contributed by atoms with van der Waals surface area (Å²) >= 11 is 0. The molecule has 1 aliphatic rings. The molecule has 128 valence electrons. The summed E-state index contributed by atoms with van der Waals surface area (Å²) in [5, 5.41) is 14.7. The van der Waals surface area contributed by atoms with E-state index >= 15 is 0 Å². The van der Waals surface area contributed by atoms with Crippen molar-refractivity contribution < 1.29 is 23.1 Å². The van der Waals surface area contributed by atoms with Gasteiger partial charge in [0.2, 0.25) is 0 Å². The molecule has 0 heterocycles. The molecule has 2 rings (SSSR count). The first-order chi connectivity index (χ1) is 10.7. The molecule has 0 aliphatic heterocycles. The Morgan fingerprint density at radius 3 is 2.74 bits per heavy atom. The van der Waals surface area contributed by atoms with Crippen molar-refractivity contribution in [2.75, 3.05) is 11.9 Å². The number of nitrogens with one attached hydrogen (secondary N) is 2. The van der Waals surface area contributed by atoms with Gasteiger partial charge in [-0.3, -0.25) is 0 Å². The van der Waals surface area contributed by atoms with Crippen LogP contribution in [0.15, 0.2) is 24.3 Å². The van der Waals surface area contributed by atoms with E-state index in [0.29, 0.717) is 0 Å². The van der Waals surface area contributed by atoms with Crippen LogP contribution in [-0.4, -0.2) is 30.0 Å². The quantitative estimate of drug-likeness (QED) is 0.792. The number of rotatable bonds is 4. The van der Waals surface area contributed by atoms with Crippen molar-refractivity contribution >= 4 is 11.7 Å². The van der Waals surface area contributed by atoms with Gasteiger partial charge in [-0.05, 0) is 24.5 Å². The zero-order valence-corrected chi connectivity index (χ0v) is 12.9. The van der Waals surface area contributed by atoms with E-state index in [0.717, 1.165) is 19.3 Å². The maximum absolute atomic E-state index is 12.6. The van der Waals surface area contributed by atoms with Gasteiger partial charge in [-0.1, -0.05) is 31.5 Å². The second-order valence-corrected chi connectivity index (χ2v) is 6.30. The number of benzene rings is 1. The number of hydrogen-bond donors (Lipinski definition) is 3. The van der Waals surface area contributed by atoms with E-state index in [1.807, 2.05) is 6.92 Å². The highest BCUT2D eigenvalue weighted by Crippen LogP contribution is 2.37. The number of anilines is 1. The molecule has 1 aliphatic carbocycles. The lowest BCUT2D eigenvalue weighted by Crippen LogP contribution is -2.46. The van der Waals surface area contributed by atoms with Gasteiger partial charge in [0.1, 0.15) is 0 Å². The maximum Gasteiger partial charge on any atom is 0.393 e. The summed E-state index contributed by atoms with van der Waals surface area (Å²) < 4.78 is 37.7. The lowest BCUT2D eigenvalue weighted by Gasteiger charge is -2.30. The zero-order chi connectivity index (χ0) is 17.1. The van der Waals surface area contributed by atoms with Crippen LogP contribution in [0.4, 0.5) is 23.7 Å². The third-order valence-corrected chi connectivity index (χ3v) is 4.40. The summed E-state index contributed by atoms with van der Waals surface area (Å²) in [4.78, 5) is 12.1. The highest BCUT2D eigenvalue weighted by molar-refractivity contribution is 5.90. The van der Waals surface area contributed by atoms with Gasteiger partial charge >= 0.3 is 12.2 Å². The molecule has 0 bridgehead atoms. The summed E-state index contributed by atoms with van der Waals surface area (Å²) in [6.45, 7) is 1.85. The second kappa shape index (κ2) is 6.78. The van der Waals surface area contributed by atoms with Gasteiger partial charge in [-0.2, -0.15) is 13.2 Å². The summed E-state index contributed by atoms with van der Waals surface area (Å²) in [5.41, 5.74) is -0.222. The molecule has 1 aromatic rings. The first-order valence-corrected chi connectivity index (χ1v) is 7.56. The van der Waals surface area contributed by atoms with Gasteiger partial charge in [0, 0.05) is 17.1 Å². The van der Waals surface area contributed by atoms with E-state index in [4.69, 9.17) is 0 Å². The van der Waals surface area contributed by atoms with Crippen molar-refractivity contribution in [2.45, 2.75) is 44.8 Å². The van der Waals surface area contributed by atoms with Gasteiger partial charge in [0.15, 0.2) is 0 Å². The van der Waals surface area contributed by atoms with Crippen molar-refractivity contribution in [1.29, 1.82) is 0 Å². The molecule has 1 fully saturated rings. The third kappa shape index (κ3) is 4.60. The van der Waals surface area contributed by atoms with Crippen molar-refractivity contribution in [1.82, 2.24) is 5.32 Å². The minimum absolute atomic E-state index is 0.0199.